The second kappa shape index (κ2) is 13.9. The highest BCUT2D eigenvalue weighted by Gasteiger charge is 2.24. The summed E-state index contributed by atoms with van der Waals surface area (Å²) >= 11 is 0. The average Bonchev–Trinajstić information content (AvgIpc) is 3.43. The molecule has 1 aliphatic carbocycles. The molecule has 1 saturated carbocycles. The third-order valence-electron chi connectivity index (χ3n) is 7.00. The van der Waals surface area contributed by atoms with Crippen molar-refractivity contribution >= 4 is 28.3 Å². The molecule has 1 atom stereocenters. The van der Waals surface area contributed by atoms with Gasteiger partial charge in [-0.2, -0.15) is 0 Å². The van der Waals surface area contributed by atoms with Gasteiger partial charge in [-0.15, -0.1) is 12.4 Å². The van der Waals surface area contributed by atoms with E-state index in [0.29, 0.717) is 12.1 Å². The summed E-state index contributed by atoms with van der Waals surface area (Å²) in [5, 5.41) is 13.6. The van der Waals surface area contributed by atoms with Crippen molar-refractivity contribution in [1.29, 1.82) is 0 Å². The number of hydrogen-bond acceptors (Lipinski definition) is 5. The van der Waals surface area contributed by atoms with E-state index in [1.807, 2.05) is 36.4 Å². The van der Waals surface area contributed by atoms with E-state index in [2.05, 4.69) is 40.4 Å². The number of halogens is 1. The van der Waals surface area contributed by atoms with Crippen molar-refractivity contribution in [3.63, 3.8) is 0 Å². The van der Waals surface area contributed by atoms with Crippen LogP contribution in [0.1, 0.15) is 71.2 Å². The van der Waals surface area contributed by atoms with E-state index < -0.39 is 22.0 Å². The zero-order valence-electron chi connectivity index (χ0n) is 21.7. The lowest BCUT2D eigenvalue weighted by atomic mass is 9.89. The molecule has 38 heavy (non-hydrogen) atoms. The molecule has 0 saturated heterocycles. The molecule has 0 aliphatic heterocycles. The second-order valence-corrected chi connectivity index (χ2v) is 11.7. The number of hydrogen-bond donors (Lipinski definition) is 3. The number of rotatable bonds is 11. The summed E-state index contributed by atoms with van der Waals surface area (Å²) in [6.07, 6.45) is 6.67. The van der Waals surface area contributed by atoms with Gasteiger partial charge < -0.3 is 10.4 Å². The van der Waals surface area contributed by atoms with E-state index in [9.17, 15) is 18.3 Å². The van der Waals surface area contributed by atoms with Gasteiger partial charge in [0.2, 0.25) is 10.0 Å². The molecule has 3 aromatic carbocycles. The molecule has 0 radical (unpaired) electrons. The van der Waals surface area contributed by atoms with Crippen LogP contribution in [0.15, 0.2) is 72.8 Å². The highest BCUT2D eigenvalue weighted by molar-refractivity contribution is 7.89. The molecular weight excluding hydrogens is 520 g/mol. The van der Waals surface area contributed by atoms with Crippen molar-refractivity contribution in [1.82, 2.24) is 10.0 Å². The first-order chi connectivity index (χ1) is 17.8. The smallest absolute Gasteiger partial charge is 0.265 e. The molecule has 0 spiro atoms. The van der Waals surface area contributed by atoms with Crippen molar-refractivity contribution in [2.75, 3.05) is 19.3 Å². The van der Waals surface area contributed by atoms with Gasteiger partial charge in [0.1, 0.15) is 0 Å². The maximum Gasteiger partial charge on any atom is 0.265 e. The van der Waals surface area contributed by atoms with Crippen molar-refractivity contribution in [2.45, 2.75) is 50.5 Å². The topological polar surface area (TPSA) is 95.5 Å². The summed E-state index contributed by atoms with van der Waals surface area (Å²) in [6.45, 7) is 1.36. The van der Waals surface area contributed by atoms with Crippen LogP contribution in [-0.4, -0.2) is 38.8 Å². The number of nitrogens with one attached hydrogen (secondary N) is 2. The Morgan fingerprint density at radius 2 is 1.63 bits per heavy atom. The molecule has 0 aromatic heterocycles. The lowest BCUT2D eigenvalue weighted by molar-refractivity contribution is 0.0980. The molecule has 3 N–H and O–H groups in total. The highest BCUT2D eigenvalue weighted by atomic mass is 35.5. The Balaban J connectivity index is 0.00000400. The van der Waals surface area contributed by atoms with Crippen LogP contribution >= 0.6 is 12.4 Å². The summed E-state index contributed by atoms with van der Waals surface area (Å²) < 4.78 is 25.4. The van der Waals surface area contributed by atoms with E-state index in [-0.39, 0.29) is 18.3 Å². The van der Waals surface area contributed by atoms with Crippen LogP contribution in [-0.2, 0) is 16.4 Å². The van der Waals surface area contributed by atoms with Gasteiger partial charge in [-0.3, -0.25) is 4.79 Å². The van der Waals surface area contributed by atoms with Gasteiger partial charge in [0.05, 0.1) is 12.4 Å². The Bertz CT molecular complexity index is 1290. The quantitative estimate of drug-likeness (QED) is 0.276. The third-order valence-corrected chi connectivity index (χ3v) is 7.55. The minimum atomic E-state index is -3.62. The van der Waals surface area contributed by atoms with Crippen molar-refractivity contribution < 1.29 is 18.3 Å². The summed E-state index contributed by atoms with van der Waals surface area (Å²) in [6, 6.07) is 23.9. The molecule has 204 valence electrons. The number of aliphatic hydroxyl groups excluding tert-OH is 1. The fraction of sp³-hybridized carbons (Fsp3) is 0.367. The van der Waals surface area contributed by atoms with E-state index in [1.165, 1.54) is 5.56 Å². The second-order valence-electron chi connectivity index (χ2n) is 9.92. The maximum absolute atomic E-state index is 12.7. The molecule has 0 bridgehead atoms. The van der Waals surface area contributed by atoms with Crippen molar-refractivity contribution in [2.24, 2.45) is 0 Å². The van der Waals surface area contributed by atoms with E-state index in [1.54, 1.807) is 6.07 Å². The van der Waals surface area contributed by atoms with Gasteiger partial charge >= 0.3 is 0 Å². The predicted octanol–water partition coefficient (Wildman–Crippen LogP) is 5.38. The molecule has 1 fully saturated rings. The summed E-state index contributed by atoms with van der Waals surface area (Å²) in [5.74, 6) is -0.288. The van der Waals surface area contributed by atoms with Crippen molar-refractivity contribution in [3.05, 3.63) is 95.1 Å². The third kappa shape index (κ3) is 8.40. The Kier molecular flexibility index (Phi) is 10.9. The Hall–Kier alpha value is -2.71. The first-order valence-electron chi connectivity index (χ1n) is 13.0. The maximum atomic E-state index is 12.7. The molecule has 1 aliphatic rings. The largest absolute Gasteiger partial charge is 0.387 e. The van der Waals surface area contributed by atoms with Gasteiger partial charge in [-0.25, -0.2) is 13.1 Å². The Morgan fingerprint density at radius 1 is 0.974 bits per heavy atom. The molecule has 8 heteroatoms. The first kappa shape index (κ1) is 29.8. The van der Waals surface area contributed by atoms with E-state index in [0.717, 1.165) is 73.6 Å². The van der Waals surface area contributed by atoms with E-state index >= 15 is 0 Å². The predicted molar refractivity (Wildman–Crippen MR) is 155 cm³/mol. The van der Waals surface area contributed by atoms with Gasteiger partial charge in [0.25, 0.3) is 5.91 Å². The van der Waals surface area contributed by atoms with Gasteiger partial charge in [0, 0.05) is 12.1 Å². The number of sulfonamides is 1. The van der Waals surface area contributed by atoms with Gasteiger partial charge in [0.15, 0.2) is 0 Å². The van der Waals surface area contributed by atoms with Crippen LogP contribution in [0.25, 0.3) is 11.1 Å². The fourth-order valence-electron chi connectivity index (χ4n) is 5.06. The number of carbonyl (C=O) groups excluding carboxylic acids is 1. The summed E-state index contributed by atoms with van der Waals surface area (Å²) in [7, 11) is -3.62. The Morgan fingerprint density at radius 3 is 2.29 bits per heavy atom. The minimum absolute atomic E-state index is 0. The molecule has 6 nitrogen and oxygen atoms in total. The van der Waals surface area contributed by atoms with Gasteiger partial charge in [-0.05, 0) is 72.0 Å². The van der Waals surface area contributed by atoms with Crippen LogP contribution in [0.2, 0.25) is 0 Å². The number of aryl methyl sites for hydroxylation is 1. The monoisotopic (exact) mass is 556 g/mol. The minimum Gasteiger partial charge on any atom is -0.387 e. The van der Waals surface area contributed by atoms with Crippen molar-refractivity contribution in [3.8, 4) is 11.1 Å². The summed E-state index contributed by atoms with van der Waals surface area (Å²) in [5.41, 5.74) is 5.65. The number of benzene rings is 3. The average molecular weight is 557 g/mol. The lowest BCUT2D eigenvalue weighted by Crippen LogP contribution is -2.30. The van der Waals surface area contributed by atoms with Crippen LogP contribution < -0.4 is 10.0 Å². The Labute approximate surface area is 232 Å². The highest BCUT2D eigenvalue weighted by Crippen LogP contribution is 2.38. The number of aliphatic hydroxyl groups is 1. The fourth-order valence-corrected chi connectivity index (χ4v) is 5.51. The zero-order valence-corrected chi connectivity index (χ0v) is 23.4. The first-order valence-corrected chi connectivity index (χ1v) is 14.9. The SMILES string of the molecule is CS(=O)(=O)NC(=O)c1ccc(-c2ccc(CCCNC[C@@H](O)c3ccccc3)cc2)cc1C1CCCC1.Cl. The van der Waals surface area contributed by atoms with Crippen LogP contribution in [0.3, 0.4) is 0 Å². The zero-order chi connectivity index (χ0) is 26.3. The molecule has 4 rings (SSSR count). The molecule has 0 unspecified atom stereocenters. The van der Waals surface area contributed by atoms with Crippen LogP contribution in [0.5, 0.6) is 0 Å². The standard InChI is InChI=1S/C30H36N2O4S.ClH/c1-37(35,36)32-30(34)27-18-17-26(20-28(27)24-9-5-6-10-24)23-15-13-22(14-16-23)8-7-19-31-21-29(33)25-11-3-2-4-12-25;/h2-4,11-18,20,24,29,31,33H,5-10,19,21H2,1H3,(H,32,34);1H/t29-;/m1./s1. The number of carbonyl (C=O) groups is 1. The van der Waals surface area contributed by atoms with E-state index in [4.69, 9.17) is 0 Å². The molecule has 3 aromatic rings. The van der Waals surface area contributed by atoms with Gasteiger partial charge in [-0.1, -0.05) is 79.6 Å². The lowest BCUT2D eigenvalue weighted by Gasteiger charge is -2.17. The van der Waals surface area contributed by atoms with Crippen LogP contribution in [0.4, 0.5) is 0 Å². The summed E-state index contributed by atoms with van der Waals surface area (Å²) in [4.78, 5) is 12.7. The molecule has 0 heterocycles. The van der Waals surface area contributed by atoms with Crippen LogP contribution in [0, 0.1) is 0 Å². The molecular formula is C30H37ClN2O4S. The number of amides is 1. The molecule has 1 amide bonds. The normalized spacial score (nSPS) is 14.6.